The van der Waals surface area contributed by atoms with Gasteiger partial charge in [0.2, 0.25) is 0 Å². The highest BCUT2D eigenvalue weighted by molar-refractivity contribution is 7.80. The Morgan fingerprint density at radius 2 is 2.00 bits per heavy atom. The molecular formula is C2H4OS. The van der Waals surface area contributed by atoms with E-state index >= 15 is 0 Å². The number of hydrogen-bond acceptors (Lipinski definition) is 1. The SMILES string of the molecule is [CH2]C(O)[S]. The van der Waals surface area contributed by atoms with Gasteiger partial charge in [-0.3, -0.25) is 0 Å². The second-order valence-electron chi connectivity index (χ2n) is 0.455. The molecule has 0 aromatic rings. The first-order valence-electron chi connectivity index (χ1n) is 0.902. The van der Waals surface area contributed by atoms with Crippen molar-refractivity contribution in [2.45, 2.75) is 5.44 Å². The predicted octanol–water partition coefficient (Wildman–Crippen LogP) is 0.336. The summed E-state index contributed by atoms with van der Waals surface area (Å²) in [5.41, 5.74) is -0.833. The molecule has 1 N–H and O–H groups in total. The van der Waals surface area contributed by atoms with Crippen molar-refractivity contribution in [1.82, 2.24) is 0 Å². The highest BCUT2D eigenvalue weighted by Gasteiger charge is 1.72. The van der Waals surface area contributed by atoms with Gasteiger partial charge in [0, 0.05) is 0 Å². The molecule has 0 rings (SSSR count). The largest absolute Gasteiger partial charge is 0.382 e. The fourth-order valence-corrected chi connectivity index (χ4v) is 0. The first-order valence-corrected chi connectivity index (χ1v) is 1.37. The molecule has 2 heteroatoms. The van der Waals surface area contributed by atoms with E-state index in [1.165, 1.54) is 0 Å². The Morgan fingerprint density at radius 1 is 2.00 bits per heavy atom. The van der Waals surface area contributed by atoms with Crippen LogP contribution in [0.25, 0.3) is 0 Å². The molecule has 0 aliphatic heterocycles. The molecule has 0 bridgehead atoms. The van der Waals surface area contributed by atoms with Gasteiger partial charge in [-0.05, 0) is 6.92 Å². The van der Waals surface area contributed by atoms with E-state index in [9.17, 15) is 0 Å². The van der Waals surface area contributed by atoms with E-state index in [2.05, 4.69) is 19.6 Å². The van der Waals surface area contributed by atoms with Crippen molar-refractivity contribution in [2.75, 3.05) is 0 Å². The zero-order valence-electron chi connectivity index (χ0n) is 2.14. The molecule has 4 heavy (non-hydrogen) atoms. The third-order valence-corrected chi connectivity index (χ3v) is 0. The van der Waals surface area contributed by atoms with E-state index in [1.54, 1.807) is 0 Å². The molecule has 0 heterocycles. The first-order chi connectivity index (χ1) is 1.73. The van der Waals surface area contributed by atoms with E-state index in [4.69, 9.17) is 5.11 Å². The second-order valence-corrected chi connectivity index (χ2v) is 0.999. The minimum Gasteiger partial charge on any atom is -0.382 e. The molecule has 0 amide bonds. The molecule has 1 unspecified atom stereocenters. The lowest BCUT2D eigenvalue weighted by Crippen LogP contribution is -1.80. The van der Waals surface area contributed by atoms with Gasteiger partial charge >= 0.3 is 0 Å². The quantitative estimate of drug-likeness (QED) is 0.441. The van der Waals surface area contributed by atoms with E-state index in [1.807, 2.05) is 0 Å². The summed E-state index contributed by atoms with van der Waals surface area (Å²) in [7, 11) is 0. The van der Waals surface area contributed by atoms with Crippen LogP contribution in [0.3, 0.4) is 0 Å². The Morgan fingerprint density at radius 3 is 2.00 bits per heavy atom. The van der Waals surface area contributed by atoms with E-state index in [0.29, 0.717) is 0 Å². The minimum atomic E-state index is -0.833. The molecule has 0 fully saturated rings. The summed E-state index contributed by atoms with van der Waals surface area (Å²) >= 11 is 4.06. The molecule has 24 valence electrons. The fraction of sp³-hybridized carbons (Fsp3) is 0.500. The van der Waals surface area contributed by atoms with Gasteiger partial charge in [0.25, 0.3) is 0 Å². The van der Waals surface area contributed by atoms with Gasteiger partial charge in [-0.25, -0.2) is 0 Å². The topological polar surface area (TPSA) is 20.2 Å². The van der Waals surface area contributed by atoms with Gasteiger partial charge in [-0.1, -0.05) is 12.6 Å². The van der Waals surface area contributed by atoms with Crippen molar-refractivity contribution in [3.63, 3.8) is 0 Å². The maximum atomic E-state index is 7.76. The third kappa shape index (κ3) is 41.3. The maximum Gasteiger partial charge on any atom is 0.109 e. The van der Waals surface area contributed by atoms with E-state index < -0.39 is 5.44 Å². The van der Waals surface area contributed by atoms with Gasteiger partial charge in [-0.2, -0.15) is 0 Å². The summed E-state index contributed by atoms with van der Waals surface area (Å²) in [5, 5.41) is 7.76. The summed E-state index contributed by atoms with van der Waals surface area (Å²) in [6, 6.07) is 0. The Bertz CT molecular complexity index is 10.8. The number of rotatable bonds is 0. The monoisotopic (exact) mass is 76.0 g/mol. The minimum absolute atomic E-state index is 0.833. The summed E-state index contributed by atoms with van der Waals surface area (Å²) in [4.78, 5) is 0. The lowest BCUT2D eigenvalue weighted by molar-refractivity contribution is 0.310. The summed E-state index contributed by atoms with van der Waals surface area (Å²) in [5.74, 6) is 0. The van der Waals surface area contributed by atoms with Crippen molar-refractivity contribution < 1.29 is 5.11 Å². The summed E-state index contributed by atoms with van der Waals surface area (Å²) < 4.78 is 0. The lowest BCUT2D eigenvalue weighted by Gasteiger charge is -1.77. The Balaban J connectivity index is 2.32. The van der Waals surface area contributed by atoms with Crippen LogP contribution in [0.4, 0.5) is 0 Å². The van der Waals surface area contributed by atoms with Gasteiger partial charge < -0.3 is 5.11 Å². The highest BCUT2D eigenvalue weighted by atomic mass is 32.1. The lowest BCUT2D eigenvalue weighted by atomic mass is 10.9. The number of hydrogen-bond donors (Lipinski definition) is 1. The molecule has 0 aromatic carbocycles. The highest BCUT2D eigenvalue weighted by Crippen LogP contribution is 1.77. The first kappa shape index (κ1) is 4.31. The normalized spacial score (nSPS) is 15.8. The second kappa shape index (κ2) is 1.61. The molecular weight excluding hydrogens is 72.1 g/mol. The zero-order chi connectivity index (χ0) is 3.58. The third-order valence-electron chi connectivity index (χ3n) is 0. The Labute approximate surface area is 31.1 Å². The van der Waals surface area contributed by atoms with Crippen molar-refractivity contribution >= 4 is 12.6 Å². The van der Waals surface area contributed by atoms with Crippen molar-refractivity contribution in [3.8, 4) is 0 Å². The average Bonchev–Trinajstić information content (AvgIpc) is 0.811. The van der Waals surface area contributed by atoms with Crippen LogP contribution in [0.5, 0.6) is 0 Å². The van der Waals surface area contributed by atoms with Crippen LogP contribution < -0.4 is 0 Å². The number of aliphatic hydroxyl groups is 1. The molecule has 1 nitrogen and oxygen atoms in total. The van der Waals surface area contributed by atoms with Crippen molar-refractivity contribution in [3.05, 3.63) is 6.92 Å². The predicted molar refractivity (Wildman–Crippen MR) is 19.0 cm³/mol. The van der Waals surface area contributed by atoms with E-state index in [-0.39, 0.29) is 0 Å². The molecule has 2 radical (unpaired) electrons. The van der Waals surface area contributed by atoms with Crippen LogP contribution >= 0.6 is 12.6 Å². The zero-order valence-corrected chi connectivity index (χ0v) is 2.96. The van der Waals surface area contributed by atoms with Gasteiger partial charge in [0.15, 0.2) is 0 Å². The van der Waals surface area contributed by atoms with Crippen LogP contribution in [-0.2, 0) is 0 Å². The van der Waals surface area contributed by atoms with Crippen molar-refractivity contribution in [2.24, 2.45) is 0 Å². The Kier molecular flexibility index (Phi) is 1.74. The molecule has 0 aromatic heterocycles. The van der Waals surface area contributed by atoms with Crippen LogP contribution in [0.2, 0.25) is 0 Å². The van der Waals surface area contributed by atoms with Crippen LogP contribution in [0.15, 0.2) is 0 Å². The summed E-state index contributed by atoms with van der Waals surface area (Å²) in [6.45, 7) is 3.01. The van der Waals surface area contributed by atoms with Crippen molar-refractivity contribution in [1.29, 1.82) is 0 Å². The molecule has 0 aliphatic rings. The van der Waals surface area contributed by atoms with Crippen LogP contribution in [-0.4, -0.2) is 10.5 Å². The molecule has 0 aliphatic carbocycles. The van der Waals surface area contributed by atoms with Gasteiger partial charge in [-0.15, -0.1) is 0 Å². The molecule has 0 saturated heterocycles. The average molecular weight is 76.1 g/mol. The van der Waals surface area contributed by atoms with E-state index in [0.717, 1.165) is 0 Å². The standard InChI is InChI=1S/C2H4OS/c1-2(3)4/h2-3H,1H2. The number of aliphatic hydroxyl groups excluding tert-OH is 1. The van der Waals surface area contributed by atoms with Gasteiger partial charge in [0.05, 0.1) is 0 Å². The van der Waals surface area contributed by atoms with Crippen LogP contribution in [0, 0.1) is 6.92 Å². The molecule has 0 saturated carbocycles. The van der Waals surface area contributed by atoms with Gasteiger partial charge in [0.1, 0.15) is 5.44 Å². The molecule has 1 atom stereocenters. The summed E-state index contributed by atoms with van der Waals surface area (Å²) in [6.07, 6.45) is 0. The molecule has 0 spiro atoms. The smallest absolute Gasteiger partial charge is 0.109 e. The maximum absolute atomic E-state index is 7.76. The Hall–Kier alpha value is 0.310. The fourth-order valence-electron chi connectivity index (χ4n) is 0. The van der Waals surface area contributed by atoms with Crippen LogP contribution in [0.1, 0.15) is 0 Å².